The number of methoxy groups -OCH3 is 1. The van der Waals surface area contributed by atoms with E-state index in [-0.39, 0.29) is 22.7 Å². The predicted octanol–water partition coefficient (Wildman–Crippen LogP) is 4.39. The minimum Gasteiger partial charge on any atom is -0.496 e. The van der Waals surface area contributed by atoms with E-state index in [0.717, 1.165) is 4.68 Å². The van der Waals surface area contributed by atoms with Crippen LogP contribution in [0.15, 0.2) is 60.0 Å². The van der Waals surface area contributed by atoms with E-state index >= 15 is 0 Å². The average molecular weight is 451 g/mol. The highest BCUT2D eigenvalue weighted by atomic mass is 32.2. The summed E-state index contributed by atoms with van der Waals surface area (Å²) in [5.74, 6) is 0.537. The lowest BCUT2D eigenvalue weighted by molar-refractivity contribution is -0.143. The summed E-state index contributed by atoms with van der Waals surface area (Å²) in [5.41, 5.74) is 0.265. The second-order valence-electron chi connectivity index (χ2n) is 6.79. The van der Waals surface area contributed by atoms with Crippen LogP contribution in [0.1, 0.15) is 11.3 Å². The number of hydrogen-bond donors (Lipinski definition) is 1. The average Bonchev–Trinajstić information content (AvgIpc) is 3.07. The quantitative estimate of drug-likeness (QED) is 0.564. The summed E-state index contributed by atoms with van der Waals surface area (Å²) in [5, 5.41) is 9.31. The number of hydrogen-bond acceptors (Lipinski definition) is 4. The molecule has 0 atom stereocenters. The normalized spacial score (nSPS) is 12.1. The largest absolute Gasteiger partial charge is 0.496 e. The number of rotatable bonds is 6. The van der Waals surface area contributed by atoms with Gasteiger partial charge >= 0.3 is 6.18 Å². The van der Waals surface area contributed by atoms with E-state index in [2.05, 4.69) is 11.7 Å². The van der Waals surface area contributed by atoms with Crippen molar-refractivity contribution in [1.82, 2.24) is 9.78 Å². The van der Waals surface area contributed by atoms with Gasteiger partial charge in [0, 0.05) is 11.1 Å². The lowest BCUT2D eigenvalue weighted by atomic mass is 9.97. The van der Waals surface area contributed by atoms with Crippen LogP contribution in [0.2, 0.25) is 0 Å². The molecule has 3 rings (SSSR count). The van der Waals surface area contributed by atoms with Crippen LogP contribution in [0, 0.1) is 6.92 Å². The van der Waals surface area contributed by atoms with Gasteiger partial charge in [0.15, 0.2) is 5.69 Å². The minimum atomic E-state index is -4.70. The van der Waals surface area contributed by atoms with Crippen LogP contribution in [0.5, 0.6) is 5.75 Å². The molecule has 0 saturated carbocycles. The molecule has 6 nitrogen and oxygen atoms in total. The Morgan fingerprint density at radius 3 is 2.26 bits per heavy atom. The first-order valence-corrected chi connectivity index (χ1v) is 10.6. The molecule has 0 saturated heterocycles. The molecule has 2 aromatic carbocycles. The first-order valence-electron chi connectivity index (χ1n) is 9.04. The van der Waals surface area contributed by atoms with Crippen LogP contribution in [-0.4, -0.2) is 25.3 Å². The summed E-state index contributed by atoms with van der Waals surface area (Å²) in [6.07, 6.45) is -3.38. The fourth-order valence-corrected chi connectivity index (χ4v) is 3.83. The minimum absolute atomic E-state index is 0.0553. The Morgan fingerprint density at radius 2 is 1.77 bits per heavy atom. The SMILES string of the molecule is C=CCn1nc(-c2ccc(S(N)(=O)=O)cc2)c(-c2ccc(OC)c(C)c2)c1C(F)(F)F. The molecule has 0 bridgehead atoms. The van der Waals surface area contributed by atoms with E-state index in [1.54, 1.807) is 19.1 Å². The van der Waals surface area contributed by atoms with Crippen molar-refractivity contribution >= 4 is 10.0 Å². The number of nitrogens with two attached hydrogens (primary N) is 1. The van der Waals surface area contributed by atoms with Crippen LogP contribution in [-0.2, 0) is 22.7 Å². The Bertz CT molecular complexity index is 1230. The van der Waals surface area contributed by atoms with Gasteiger partial charge in [0.2, 0.25) is 10.0 Å². The lowest BCUT2D eigenvalue weighted by Crippen LogP contribution is -2.15. The molecule has 1 heterocycles. The molecule has 0 aliphatic rings. The van der Waals surface area contributed by atoms with Crippen LogP contribution < -0.4 is 9.88 Å². The number of benzene rings is 2. The molecule has 0 aliphatic carbocycles. The molecule has 0 aliphatic heterocycles. The fraction of sp³-hybridized carbons (Fsp3) is 0.190. The number of sulfonamides is 1. The van der Waals surface area contributed by atoms with E-state index in [0.29, 0.717) is 22.4 Å². The fourth-order valence-electron chi connectivity index (χ4n) is 3.32. The summed E-state index contributed by atoms with van der Waals surface area (Å²) in [6, 6.07) is 9.91. The molecule has 164 valence electrons. The maximum absolute atomic E-state index is 14.1. The third-order valence-electron chi connectivity index (χ3n) is 4.66. The number of halogens is 3. The number of aryl methyl sites for hydroxylation is 1. The molecule has 31 heavy (non-hydrogen) atoms. The van der Waals surface area contributed by atoms with Gasteiger partial charge < -0.3 is 4.74 Å². The van der Waals surface area contributed by atoms with Gasteiger partial charge in [-0.15, -0.1) is 6.58 Å². The van der Waals surface area contributed by atoms with Gasteiger partial charge in [-0.2, -0.15) is 18.3 Å². The Kier molecular flexibility index (Phi) is 5.97. The number of ether oxygens (including phenoxy) is 1. The van der Waals surface area contributed by atoms with Crippen LogP contribution in [0.25, 0.3) is 22.4 Å². The maximum atomic E-state index is 14.1. The van der Waals surface area contributed by atoms with Crippen LogP contribution in [0.4, 0.5) is 13.2 Å². The summed E-state index contributed by atoms with van der Waals surface area (Å²) in [6.45, 7) is 5.08. The van der Waals surface area contributed by atoms with Crippen LogP contribution >= 0.6 is 0 Å². The Morgan fingerprint density at radius 1 is 1.16 bits per heavy atom. The summed E-state index contributed by atoms with van der Waals surface area (Å²) in [7, 11) is -2.47. The van der Waals surface area contributed by atoms with E-state index < -0.39 is 21.9 Å². The third kappa shape index (κ3) is 4.49. The van der Waals surface area contributed by atoms with Gasteiger partial charge in [-0.1, -0.05) is 24.3 Å². The first-order chi connectivity index (χ1) is 14.5. The first kappa shape index (κ1) is 22.6. The van der Waals surface area contributed by atoms with Gasteiger partial charge in [-0.25, -0.2) is 13.6 Å². The summed E-state index contributed by atoms with van der Waals surface area (Å²) >= 11 is 0. The van der Waals surface area contributed by atoms with Crippen molar-refractivity contribution in [2.24, 2.45) is 5.14 Å². The molecule has 0 amide bonds. The van der Waals surface area contributed by atoms with Gasteiger partial charge in [0.1, 0.15) is 11.4 Å². The highest BCUT2D eigenvalue weighted by Crippen LogP contribution is 2.43. The van der Waals surface area contributed by atoms with Crippen molar-refractivity contribution in [3.63, 3.8) is 0 Å². The monoisotopic (exact) mass is 451 g/mol. The number of aromatic nitrogens is 2. The number of alkyl halides is 3. The summed E-state index contributed by atoms with van der Waals surface area (Å²) in [4.78, 5) is -0.153. The van der Waals surface area contributed by atoms with Gasteiger partial charge in [0.25, 0.3) is 0 Å². The zero-order chi connectivity index (χ0) is 23.0. The molecule has 2 N–H and O–H groups in total. The van der Waals surface area contributed by atoms with E-state index in [1.165, 1.54) is 43.5 Å². The molecular formula is C21H20F3N3O3S. The number of allylic oxidation sites excluding steroid dienone is 1. The zero-order valence-corrected chi connectivity index (χ0v) is 17.6. The van der Waals surface area contributed by atoms with Crippen molar-refractivity contribution < 1.29 is 26.3 Å². The van der Waals surface area contributed by atoms with E-state index in [9.17, 15) is 21.6 Å². The molecule has 0 radical (unpaired) electrons. The topological polar surface area (TPSA) is 87.2 Å². The van der Waals surface area contributed by atoms with Gasteiger partial charge in [-0.05, 0) is 42.3 Å². The highest BCUT2D eigenvalue weighted by Gasteiger charge is 2.40. The molecule has 3 aromatic rings. The maximum Gasteiger partial charge on any atom is 0.433 e. The number of primary sulfonamides is 1. The van der Waals surface area contributed by atoms with Crippen molar-refractivity contribution in [3.8, 4) is 28.1 Å². The van der Waals surface area contributed by atoms with Crippen molar-refractivity contribution in [2.45, 2.75) is 24.5 Å². The third-order valence-corrected chi connectivity index (χ3v) is 5.59. The van der Waals surface area contributed by atoms with Crippen molar-refractivity contribution in [2.75, 3.05) is 7.11 Å². The van der Waals surface area contributed by atoms with E-state index in [1.807, 2.05) is 0 Å². The molecule has 0 fully saturated rings. The zero-order valence-electron chi connectivity index (χ0n) is 16.8. The smallest absolute Gasteiger partial charge is 0.433 e. The van der Waals surface area contributed by atoms with Crippen molar-refractivity contribution in [3.05, 3.63) is 66.4 Å². The van der Waals surface area contributed by atoms with Crippen molar-refractivity contribution in [1.29, 1.82) is 0 Å². The molecule has 10 heteroatoms. The highest BCUT2D eigenvalue weighted by molar-refractivity contribution is 7.89. The van der Waals surface area contributed by atoms with Crippen LogP contribution in [0.3, 0.4) is 0 Å². The van der Waals surface area contributed by atoms with Gasteiger partial charge in [-0.3, -0.25) is 4.68 Å². The lowest BCUT2D eigenvalue weighted by Gasteiger charge is -2.13. The standard InChI is InChI=1S/C21H20F3N3O3S/c1-4-11-27-20(21(22,23)24)18(15-7-10-17(30-3)13(2)12-15)19(26-27)14-5-8-16(9-6-14)31(25,28)29/h4-10,12H,1,11H2,2-3H3,(H2,25,28,29). The Balaban J connectivity index is 2.33. The molecular weight excluding hydrogens is 431 g/mol. The predicted molar refractivity (Wildman–Crippen MR) is 111 cm³/mol. The molecule has 0 spiro atoms. The Labute approximate surface area is 177 Å². The molecule has 1 aromatic heterocycles. The Hall–Kier alpha value is -3.11. The molecule has 0 unspecified atom stereocenters. The number of nitrogens with zero attached hydrogens (tertiary/aromatic N) is 2. The van der Waals surface area contributed by atoms with E-state index in [4.69, 9.17) is 9.88 Å². The summed E-state index contributed by atoms with van der Waals surface area (Å²) < 4.78 is 71.4. The second kappa shape index (κ2) is 8.20. The van der Waals surface area contributed by atoms with Gasteiger partial charge in [0.05, 0.1) is 18.6 Å². The second-order valence-corrected chi connectivity index (χ2v) is 8.36.